The van der Waals surface area contributed by atoms with Gasteiger partial charge in [-0.1, -0.05) is 20.8 Å². The summed E-state index contributed by atoms with van der Waals surface area (Å²) in [5, 5.41) is 9.29. The molecule has 2 aliphatic rings. The first-order chi connectivity index (χ1) is 5.91. The van der Waals surface area contributed by atoms with E-state index in [1.165, 1.54) is 0 Å². The van der Waals surface area contributed by atoms with Gasteiger partial charge in [-0.05, 0) is 36.5 Å². The molecular formula is C11H18O2. The van der Waals surface area contributed by atoms with Crippen LogP contribution in [-0.4, -0.2) is 11.1 Å². The van der Waals surface area contributed by atoms with Gasteiger partial charge < -0.3 is 5.11 Å². The topological polar surface area (TPSA) is 37.3 Å². The molecule has 2 fully saturated rings. The molecule has 13 heavy (non-hydrogen) atoms. The van der Waals surface area contributed by atoms with Crippen molar-refractivity contribution >= 4 is 5.97 Å². The van der Waals surface area contributed by atoms with Crippen LogP contribution in [0, 0.1) is 22.7 Å². The predicted molar refractivity (Wildman–Crippen MR) is 50.4 cm³/mol. The molecule has 0 aromatic heterocycles. The highest BCUT2D eigenvalue weighted by molar-refractivity contribution is 5.76. The Labute approximate surface area is 79.3 Å². The largest absolute Gasteiger partial charge is 0.481 e. The van der Waals surface area contributed by atoms with Crippen LogP contribution in [0.1, 0.15) is 40.0 Å². The summed E-state index contributed by atoms with van der Waals surface area (Å²) in [6, 6.07) is 0. The molecule has 0 amide bonds. The van der Waals surface area contributed by atoms with Crippen molar-refractivity contribution in [2.45, 2.75) is 40.0 Å². The lowest BCUT2D eigenvalue weighted by molar-refractivity contribution is -0.152. The minimum Gasteiger partial charge on any atom is -0.481 e. The number of carboxylic acids is 1. The summed E-state index contributed by atoms with van der Waals surface area (Å²) in [7, 11) is 0. The fourth-order valence-electron chi connectivity index (χ4n) is 3.55. The van der Waals surface area contributed by atoms with Crippen LogP contribution in [0.5, 0.6) is 0 Å². The molecule has 2 heteroatoms. The standard InChI is InChI=1S/C11H18O2/c1-7-10(2,3)8-4-5-11(7,6-8)9(12)13/h7-8H,4-6H2,1-3H3,(H,12,13)/t7-,8+,11-/m1/s1. The van der Waals surface area contributed by atoms with Gasteiger partial charge in [0.15, 0.2) is 0 Å². The smallest absolute Gasteiger partial charge is 0.309 e. The number of hydrogen-bond donors (Lipinski definition) is 1. The van der Waals surface area contributed by atoms with Gasteiger partial charge in [-0.2, -0.15) is 0 Å². The van der Waals surface area contributed by atoms with Crippen molar-refractivity contribution < 1.29 is 9.90 Å². The summed E-state index contributed by atoms with van der Waals surface area (Å²) in [5.74, 6) is 0.405. The second-order valence-electron chi connectivity index (χ2n) is 5.44. The SMILES string of the molecule is C[C@@H]1C(C)(C)[C@H]2CC[C@@]1(C(=O)O)C2. The predicted octanol–water partition coefficient (Wildman–Crippen LogP) is 2.53. The van der Waals surface area contributed by atoms with Gasteiger partial charge in [-0.25, -0.2) is 0 Å². The number of aliphatic carboxylic acids is 1. The third kappa shape index (κ3) is 0.866. The number of rotatable bonds is 1. The fraction of sp³-hybridized carbons (Fsp3) is 0.909. The van der Waals surface area contributed by atoms with E-state index in [9.17, 15) is 9.90 Å². The van der Waals surface area contributed by atoms with E-state index in [-0.39, 0.29) is 10.8 Å². The zero-order valence-corrected chi connectivity index (χ0v) is 8.63. The molecule has 1 N–H and O–H groups in total. The monoisotopic (exact) mass is 182 g/mol. The number of carboxylic acid groups (broad SMARTS) is 1. The van der Waals surface area contributed by atoms with Gasteiger partial charge in [0.05, 0.1) is 5.41 Å². The number of hydrogen-bond acceptors (Lipinski definition) is 1. The van der Waals surface area contributed by atoms with E-state index in [1.807, 2.05) is 0 Å². The van der Waals surface area contributed by atoms with Crippen molar-refractivity contribution in [3.63, 3.8) is 0 Å². The first kappa shape index (κ1) is 9.04. The van der Waals surface area contributed by atoms with Gasteiger partial charge in [0.25, 0.3) is 0 Å². The van der Waals surface area contributed by atoms with Crippen LogP contribution in [0.4, 0.5) is 0 Å². The van der Waals surface area contributed by atoms with Crippen molar-refractivity contribution in [1.82, 2.24) is 0 Å². The Morgan fingerprint density at radius 2 is 2.08 bits per heavy atom. The van der Waals surface area contributed by atoms with Gasteiger partial charge in [0.1, 0.15) is 0 Å². The maximum atomic E-state index is 11.3. The summed E-state index contributed by atoms with van der Waals surface area (Å²) < 4.78 is 0. The number of fused-ring (bicyclic) bond motifs is 2. The molecule has 3 atom stereocenters. The molecule has 0 aromatic carbocycles. The Hall–Kier alpha value is -0.530. The normalized spacial score (nSPS) is 46.7. The van der Waals surface area contributed by atoms with E-state index < -0.39 is 5.97 Å². The van der Waals surface area contributed by atoms with Gasteiger partial charge in [-0.15, -0.1) is 0 Å². The van der Waals surface area contributed by atoms with Gasteiger partial charge in [0.2, 0.25) is 0 Å². The summed E-state index contributed by atoms with van der Waals surface area (Å²) in [6.07, 6.45) is 2.93. The molecule has 0 radical (unpaired) electrons. The lowest BCUT2D eigenvalue weighted by Crippen LogP contribution is -2.39. The third-order valence-electron chi connectivity index (χ3n) is 4.97. The van der Waals surface area contributed by atoms with Crippen LogP contribution in [0.25, 0.3) is 0 Å². The van der Waals surface area contributed by atoms with E-state index in [2.05, 4.69) is 20.8 Å². The summed E-state index contributed by atoms with van der Waals surface area (Å²) in [4.78, 5) is 11.3. The van der Waals surface area contributed by atoms with Crippen LogP contribution in [0.3, 0.4) is 0 Å². The highest BCUT2D eigenvalue weighted by Crippen LogP contribution is 2.65. The van der Waals surface area contributed by atoms with Crippen molar-refractivity contribution in [3.8, 4) is 0 Å². The second kappa shape index (κ2) is 2.28. The van der Waals surface area contributed by atoms with Gasteiger partial charge >= 0.3 is 5.97 Å². The zero-order valence-electron chi connectivity index (χ0n) is 8.63. The van der Waals surface area contributed by atoms with Crippen LogP contribution in [0.15, 0.2) is 0 Å². The van der Waals surface area contributed by atoms with E-state index in [0.29, 0.717) is 11.8 Å². The minimum absolute atomic E-state index is 0.233. The number of carbonyl (C=O) groups is 1. The van der Waals surface area contributed by atoms with Crippen LogP contribution in [-0.2, 0) is 4.79 Å². The molecule has 2 bridgehead atoms. The van der Waals surface area contributed by atoms with Gasteiger partial charge in [-0.3, -0.25) is 4.79 Å². The molecule has 74 valence electrons. The maximum Gasteiger partial charge on any atom is 0.309 e. The first-order valence-corrected chi connectivity index (χ1v) is 5.14. The Balaban J connectivity index is 2.40. The average molecular weight is 182 g/mol. The van der Waals surface area contributed by atoms with Crippen LogP contribution in [0.2, 0.25) is 0 Å². The Morgan fingerprint density at radius 3 is 2.38 bits per heavy atom. The second-order valence-corrected chi connectivity index (χ2v) is 5.44. The molecule has 2 nitrogen and oxygen atoms in total. The molecule has 2 aliphatic carbocycles. The highest BCUT2D eigenvalue weighted by Gasteiger charge is 2.63. The van der Waals surface area contributed by atoms with E-state index in [0.717, 1.165) is 19.3 Å². The molecule has 0 unspecified atom stereocenters. The van der Waals surface area contributed by atoms with E-state index >= 15 is 0 Å². The molecule has 2 rings (SSSR count). The molecule has 2 saturated carbocycles. The fourth-order valence-corrected chi connectivity index (χ4v) is 3.55. The quantitative estimate of drug-likeness (QED) is 0.676. The Bertz CT molecular complexity index is 257. The Kier molecular flexibility index (Phi) is 1.59. The van der Waals surface area contributed by atoms with E-state index in [1.54, 1.807) is 0 Å². The molecule has 0 aliphatic heterocycles. The summed E-state index contributed by atoms with van der Waals surface area (Å²) in [5.41, 5.74) is -0.148. The van der Waals surface area contributed by atoms with Crippen molar-refractivity contribution in [3.05, 3.63) is 0 Å². The van der Waals surface area contributed by atoms with Crippen molar-refractivity contribution in [2.75, 3.05) is 0 Å². The van der Waals surface area contributed by atoms with Crippen molar-refractivity contribution in [1.29, 1.82) is 0 Å². The van der Waals surface area contributed by atoms with Crippen molar-refractivity contribution in [2.24, 2.45) is 22.7 Å². The summed E-state index contributed by atoms with van der Waals surface area (Å²) in [6.45, 7) is 6.58. The molecule has 0 saturated heterocycles. The van der Waals surface area contributed by atoms with Gasteiger partial charge in [0, 0.05) is 0 Å². The lowest BCUT2D eigenvalue weighted by atomic mass is 9.64. The highest BCUT2D eigenvalue weighted by atomic mass is 16.4. The molecule has 0 heterocycles. The summed E-state index contributed by atoms with van der Waals surface area (Å²) >= 11 is 0. The average Bonchev–Trinajstić information content (AvgIpc) is 2.53. The molecular weight excluding hydrogens is 164 g/mol. The van der Waals surface area contributed by atoms with Crippen LogP contribution >= 0.6 is 0 Å². The zero-order chi connectivity index (χ0) is 9.85. The minimum atomic E-state index is -0.562. The maximum absolute atomic E-state index is 11.3. The third-order valence-corrected chi connectivity index (χ3v) is 4.97. The van der Waals surface area contributed by atoms with E-state index in [4.69, 9.17) is 0 Å². The van der Waals surface area contributed by atoms with Crippen LogP contribution < -0.4 is 0 Å². The molecule has 0 spiro atoms. The first-order valence-electron chi connectivity index (χ1n) is 5.14. The molecule has 0 aromatic rings. The Morgan fingerprint density at radius 1 is 1.46 bits per heavy atom. The lowest BCUT2D eigenvalue weighted by Gasteiger charge is -2.39.